The number of ether oxygens (including phenoxy) is 1. The fourth-order valence-electron chi connectivity index (χ4n) is 0.841. The second kappa shape index (κ2) is 12.4. The van der Waals surface area contributed by atoms with Crippen LogP contribution in [0.2, 0.25) is 0 Å². The smallest absolute Gasteiger partial charge is 0.269 e. The summed E-state index contributed by atoms with van der Waals surface area (Å²) in [5.41, 5.74) is 5.28. The molecule has 0 atom stereocenters. The van der Waals surface area contributed by atoms with Gasteiger partial charge in [0.15, 0.2) is 0 Å². The van der Waals surface area contributed by atoms with Crippen molar-refractivity contribution < 1.29 is 9.66 Å². The maximum atomic E-state index is 10.3. The molecule has 0 aliphatic heterocycles. The van der Waals surface area contributed by atoms with Crippen LogP contribution < -0.4 is 10.5 Å². The predicted octanol–water partition coefficient (Wildman–Crippen LogP) is 3.23. The van der Waals surface area contributed by atoms with Gasteiger partial charge < -0.3 is 10.5 Å². The summed E-state index contributed by atoms with van der Waals surface area (Å²) in [6, 6.07) is 5.89. The van der Waals surface area contributed by atoms with Crippen molar-refractivity contribution in [3.05, 3.63) is 34.4 Å². The first-order valence-electron chi connectivity index (χ1n) is 4.81. The van der Waals surface area contributed by atoms with E-state index in [2.05, 4.69) is 0 Å². The third-order valence-corrected chi connectivity index (χ3v) is 1.43. The molecule has 0 saturated carbocycles. The van der Waals surface area contributed by atoms with Crippen LogP contribution in [0.1, 0.15) is 28.7 Å². The van der Waals surface area contributed by atoms with E-state index in [1.807, 2.05) is 13.8 Å². The molecule has 1 rings (SSSR count). The summed E-state index contributed by atoms with van der Waals surface area (Å²) in [4.78, 5) is 9.82. The van der Waals surface area contributed by atoms with E-state index in [1.54, 1.807) is 12.1 Å². The van der Waals surface area contributed by atoms with Crippen molar-refractivity contribution in [2.75, 3.05) is 13.2 Å². The standard InChI is InChI=1S/C8H10N2O3.C2H6.2CH4/c9-5-6-13-8-3-1-7(2-4-8)10(11)12;1-2;;/h1-4H,5-6,9H2;1-2H3;2*1H4. The van der Waals surface area contributed by atoms with E-state index in [0.717, 1.165) is 0 Å². The number of nitro benzene ring substituents is 1. The van der Waals surface area contributed by atoms with E-state index in [9.17, 15) is 10.1 Å². The van der Waals surface area contributed by atoms with Gasteiger partial charge >= 0.3 is 0 Å². The topological polar surface area (TPSA) is 78.4 Å². The van der Waals surface area contributed by atoms with Crippen LogP contribution in [0.25, 0.3) is 0 Å². The molecule has 0 aliphatic rings. The lowest BCUT2D eigenvalue weighted by molar-refractivity contribution is -0.384. The normalized spacial score (nSPS) is 7.71. The van der Waals surface area contributed by atoms with Gasteiger partial charge in [-0.2, -0.15) is 0 Å². The molecule has 100 valence electrons. The Morgan fingerprint density at radius 2 is 1.71 bits per heavy atom. The highest BCUT2D eigenvalue weighted by Crippen LogP contribution is 2.16. The zero-order valence-electron chi connectivity index (χ0n) is 8.97. The summed E-state index contributed by atoms with van der Waals surface area (Å²) in [6.07, 6.45) is 0. The molecule has 0 aliphatic carbocycles. The Kier molecular flexibility index (Phi) is 15.2. The third-order valence-electron chi connectivity index (χ3n) is 1.43. The van der Waals surface area contributed by atoms with Crippen molar-refractivity contribution in [2.24, 2.45) is 5.73 Å². The SMILES string of the molecule is C.C.CC.NCCOc1ccc([N+](=O)[O-])cc1. The minimum absolute atomic E-state index is 0. The number of nitrogens with two attached hydrogens (primary N) is 1. The van der Waals surface area contributed by atoms with Crippen LogP contribution in [0.5, 0.6) is 5.75 Å². The highest BCUT2D eigenvalue weighted by Gasteiger charge is 2.03. The Balaban J connectivity index is -0.000000464. The van der Waals surface area contributed by atoms with Gasteiger partial charge in [-0.3, -0.25) is 10.1 Å². The van der Waals surface area contributed by atoms with Gasteiger partial charge in [0.2, 0.25) is 0 Å². The van der Waals surface area contributed by atoms with Crippen molar-refractivity contribution in [1.29, 1.82) is 0 Å². The van der Waals surface area contributed by atoms with Crippen LogP contribution >= 0.6 is 0 Å². The number of nitrogens with zero attached hydrogens (tertiary/aromatic N) is 1. The molecule has 0 aromatic heterocycles. The zero-order chi connectivity index (χ0) is 11.7. The lowest BCUT2D eigenvalue weighted by Gasteiger charge is -2.02. The van der Waals surface area contributed by atoms with Crippen molar-refractivity contribution >= 4 is 5.69 Å². The van der Waals surface area contributed by atoms with Crippen molar-refractivity contribution in [3.63, 3.8) is 0 Å². The quantitative estimate of drug-likeness (QED) is 0.651. The molecule has 0 unspecified atom stereocenters. The van der Waals surface area contributed by atoms with E-state index >= 15 is 0 Å². The first-order valence-corrected chi connectivity index (χ1v) is 4.81. The van der Waals surface area contributed by atoms with Crippen LogP contribution in [0.3, 0.4) is 0 Å². The van der Waals surface area contributed by atoms with Crippen LogP contribution in [0.15, 0.2) is 24.3 Å². The van der Waals surface area contributed by atoms with Gasteiger partial charge in [0, 0.05) is 18.7 Å². The Labute approximate surface area is 104 Å². The Bertz CT molecular complexity index is 286. The number of non-ortho nitro benzene ring substituents is 1. The maximum absolute atomic E-state index is 10.3. The number of nitro groups is 1. The predicted molar refractivity (Wildman–Crippen MR) is 72.5 cm³/mol. The average Bonchev–Trinajstić information content (AvgIpc) is 2.29. The monoisotopic (exact) mass is 244 g/mol. The third kappa shape index (κ3) is 8.21. The van der Waals surface area contributed by atoms with Crippen molar-refractivity contribution in [2.45, 2.75) is 28.7 Å². The molecular weight excluding hydrogens is 220 g/mol. The Hall–Kier alpha value is -1.62. The van der Waals surface area contributed by atoms with Crippen LogP contribution in [0.4, 0.5) is 5.69 Å². The number of benzene rings is 1. The number of rotatable bonds is 4. The molecule has 1 aromatic rings. The minimum atomic E-state index is -0.452. The van der Waals surface area contributed by atoms with E-state index in [4.69, 9.17) is 10.5 Å². The molecule has 5 heteroatoms. The second-order valence-electron chi connectivity index (χ2n) is 2.39. The van der Waals surface area contributed by atoms with Gasteiger partial charge in [-0.05, 0) is 12.1 Å². The summed E-state index contributed by atoms with van der Waals surface area (Å²) in [6.45, 7) is 4.84. The summed E-state index contributed by atoms with van der Waals surface area (Å²) in [7, 11) is 0. The van der Waals surface area contributed by atoms with E-state index in [1.165, 1.54) is 12.1 Å². The van der Waals surface area contributed by atoms with Gasteiger partial charge in [-0.1, -0.05) is 28.7 Å². The summed E-state index contributed by atoms with van der Waals surface area (Å²) in [5, 5.41) is 10.3. The average molecular weight is 244 g/mol. The molecular formula is C12H24N2O3. The minimum Gasteiger partial charge on any atom is -0.492 e. The van der Waals surface area contributed by atoms with Crippen LogP contribution in [-0.4, -0.2) is 18.1 Å². The van der Waals surface area contributed by atoms with Crippen LogP contribution in [-0.2, 0) is 0 Å². The Morgan fingerprint density at radius 1 is 1.24 bits per heavy atom. The molecule has 0 saturated heterocycles. The first kappa shape index (κ1) is 20.8. The molecule has 0 radical (unpaired) electrons. The lowest BCUT2D eigenvalue weighted by atomic mass is 10.3. The van der Waals surface area contributed by atoms with Crippen molar-refractivity contribution in [1.82, 2.24) is 0 Å². The molecule has 0 spiro atoms. The van der Waals surface area contributed by atoms with Gasteiger partial charge in [0.05, 0.1) is 4.92 Å². The van der Waals surface area contributed by atoms with E-state index < -0.39 is 4.92 Å². The summed E-state index contributed by atoms with van der Waals surface area (Å²) < 4.78 is 5.14. The fourth-order valence-corrected chi connectivity index (χ4v) is 0.841. The highest BCUT2D eigenvalue weighted by molar-refractivity contribution is 5.35. The molecule has 17 heavy (non-hydrogen) atoms. The molecule has 0 heterocycles. The Morgan fingerprint density at radius 3 is 2.06 bits per heavy atom. The molecule has 5 nitrogen and oxygen atoms in total. The second-order valence-corrected chi connectivity index (χ2v) is 2.39. The fraction of sp³-hybridized carbons (Fsp3) is 0.500. The van der Waals surface area contributed by atoms with Crippen LogP contribution in [0, 0.1) is 10.1 Å². The lowest BCUT2D eigenvalue weighted by Crippen LogP contribution is -2.10. The molecule has 2 N–H and O–H groups in total. The molecule has 0 amide bonds. The maximum Gasteiger partial charge on any atom is 0.269 e. The van der Waals surface area contributed by atoms with E-state index in [0.29, 0.717) is 18.9 Å². The van der Waals surface area contributed by atoms with Crippen molar-refractivity contribution in [3.8, 4) is 5.75 Å². The van der Waals surface area contributed by atoms with Gasteiger partial charge in [-0.15, -0.1) is 0 Å². The highest BCUT2D eigenvalue weighted by atomic mass is 16.6. The molecule has 1 aromatic carbocycles. The number of hydrogen-bond acceptors (Lipinski definition) is 4. The van der Waals surface area contributed by atoms with E-state index in [-0.39, 0.29) is 20.5 Å². The van der Waals surface area contributed by atoms with Gasteiger partial charge in [0.25, 0.3) is 5.69 Å². The van der Waals surface area contributed by atoms with Gasteiger partial charge in [0.1, 0.15) is 12.4 Å². The summed E-state index contributed by atoms with van der Waals surface area (Å²) in [5.74, 6) is 0.594. The molecule has 0 bridgehead atoms. The van der Waals surface area contributed by atoms with Gasteiger partial charge in [-0.25, -0.2) is 0 Å². The summed E-state index contributed by atoms with van der Waals surface area (Å²) >= 11 is 0. The zero-order valence-corrected chi connectivity index (χ0v) is 8.97. The largest absolute Gasteiger partial charge is 0.492 e. The molecule has 0 fully saturated rings. The number of hydrogen-bond donors (Lipinski definition) is 1. The first-order chi connectivity index (χ1) is 7.24.